The molecule has 0 fully saturated rings. The fourth-order valence-corrected chi connectivity index (χ4v) is 2.27. The van der Waals surface area contributed by atoms with Gasteiger partial charge in [-0.25, -0.2) is 4.99 Å². The molecule has 23 heavy (non-hydrogen) atoms. The Hall–Kier alpha value is -3.13. The first-order chi connectivity index (χ1) is 11.2. The highest BCUT2D eigenvalue weighted by Crippen LogP contribution is 2.22. The second-order valence-corrected chi connectivity index (χ2v) is 4.41. The maximum atomic E-state index is 4.41. The van der Waals surface area contributed by atoms with Crippen LogP contribution in [0.4, 0.5) is 0 Å². The maximum Gasteiger partial charge on any atom is 0.144 e. The summed E-state index contributed by atoms with van der Waals surface area (Å²) >= 11 is 0. The van der Waals surface area contributed by atoms with E-state index >= 15 is 0 Å². The SMILES string of the molecule is C=C/C=C\c1c(C=C)c(C=C)c(/C=C\C=C)n(C=C)/c1=N\C=C. The third kappa shape index (κ3) is 3.74. The van der Waals surface area contributed by atoms with E-state index in [1.165, 1.54) is 6.20 Å². The van der Waals surface area contributed by atoms with Gasteiger partial charge in [0.05, 0.1) is 5.69 Å². The molecule has 0 radical (unpaired) electrons. The average Bonchev–Trinajstić information content (AvgIpc) is 2.57. The number of pyridine rings is 1. The van der Waals surface area contributed by atoms with Crippen LogP contribution < -0.4 is 5.49 Å². The number of nitrogens with zero attached hydrogens (tertiary/aromatic N) is 2. The predicted octanol–water partition coefficient (Wildman–Crippen LogP) is 5.32. The molecule has 2 nitrogen and oxygen atoms in total. The Bertz CT molecular complexity index is 781. The molecule has 1 aromatic heterocycles. The van der Waals surface area contributed by atoms with E-state index in [-0.39, 0.29) is 0 Å². The van der Waals surface area contributed by atoms with Crippen molar-refractivity contribution in [2.75, 3.05) is 0 Å². The van der Waals surface area contributed by atoms with Gasteiger partial charge in [-0.2, -0.15) is 0 Å². The van der Waals surface area contributed by atoms with Gasteiger partial charge in [-0.05, 0) is 11.6 Å². The molecule has 116 valence electrons. The minimum Gasteiger partial charge on any atom is -0.301 e. The van der Waals surface area contributed by atoms with E-state index < -0.39 is 0 Å². The lowest BCUT2D eigenvalue weighted by molar-refractivity contribution is 0.980. The largest absolute Gasteiger partial charge is 0.301 e. The van der Waals surface area contributed by atoms with Crippen molar-refractivity contribution < 1.29 is 0 Å². The van der Waals surface area contributed by atoms with Gasteiger partial charge in [0.2, 0.25) is 0 Å². The van der Waals surface area contributed by atoms with E-state index in [4.69, 9.17) is 0 Å². The Morgan fingerprint density at radius 1 is 0.739 bits per heavy atom. The molecule has 2 heteroatoms. The van der Waals surface area contributed by atoms with E-state index in [9.17, 15) is 0 Å². The summed E-state index contributed by atoms with van der Waals surface area (Å²) in [6, 6.07) is 0. The van der Waals surface area contributed by atoms with Crippen molar-refractivity contribution in [3.8, 4) is 0 Å². The zero-order valence-electron chi connectivity index (χ0n) is 13.4. The molecule has 0 atom stereocenters. The van der Waals surface area contributed by atoms with Crippen LogP contribution in [0.3, 0.4) is 0 Å². The van der Waals surface area contributed by atoms with E-state index in [1.54, 1.807) is 30.5 Å². The fraction of sp³-hybridized carbons (Fsp3) is 0. The van der Waals surface area contributed by atoms with Crippen LogP contribution in [0.15, 0.2) is 75.0 Å². The average molecular weight is 302 g/mol. The summed E-state index contributed by atoms with van der Waals surface area (Å²) in [6.07, 6.45) is 17.8. The first kappa shape index (κ1) is 17.9. The maximum absolute atomic E-state index is 4.41. The lowest BCUT2D eigenvalue weighted by Crippen LogP contribution is -2.24. The van der Waals surface area contributed by atoms with Gasteiger partial charge in [-0.1, -0.05) is 82.0 Å². The molecule has 0 aromatic carbocycles. The Labute approximate surface area is 138 Å². The van der Waals surface area contributed by atoms with Crippen molar-refractivity contribution >= 4 is 30.5 Å². The molecule has 0 aliphatic carbocycles. The number of rotatable bonds is 8. The monoisotopic (exact) mass is 302 g/mol. The van der Waals surface area contributed by atoms with Gasteiger partial charge in [-0.3, -0.25) is 0 Å². The molecule has 1 rings (SSSR count). The second-order valence-electron chi connectivity index (χ2n) is 4.41. The van der Waals surface area contributed by atoms with E-state index in [2.05, 4.69) is 44.5 Å². The number of hydrogen-bond acceptors (Lipinski definition) is 1. The topological polar surface area (TPSA) is 17.3 Å². The van der Waals surface area contributed by atoms with Crippen LogP contribution in [0, 0.1) is 0 Å². The first-order valence-corrected chi connectivity index (χ1v) is 7.12. The molecule has 1 heterocycles. The number of allylic oxidation sites excluding steroid dienone is 4. The summed E-state index contributed by atoms with van der Waals surface area (Å²) in [4.78, 5) is 4.41. The molecule has 0 saturated carbocycles. The van der Waals surface area contributed by atoms with Crippen LogP contribution in [0.1, 0.15) is 22.4 Å². The molecule has 0 unspecified atom stereocenters. The van der Waals surface area contributed by atoms with Crippen molar-refractivity contribution in [1.82, 2.24) is 4.57 Å². The summed E-state index contributed by atoms with van der Waals surface area (Å²) in [6.45, 7) is 22.9. The van der Waals surface area contributed by atoms with Crippen LogP contribution in [-0.2, 0) is 0 Å². The zero-order valence-corrected chi connectivity index (χ0v) is 13.4. The van der Waals surface area contributed by atoms with E-state index in [0.29, 0.717) is 5.49 Å². The molecular formula is C21H22N2. The van der Waals surface area contributed by atoms with Gasteiger partial charge in [0.15, 0.2) is 0 Å². The molecule has 0 amide bonds. The van der Waals surface area contributed by atoms with Gasteiger partial charge in [-0.15, -0.1) is 0 Å². The highest BCUT2D eigenvalue weighted by atomic mass is 15.0. The quantitative estimate of drug-likeness (QED) is 0.578. The van der Waals surface area contributed by atoms with Gasteiger partial charge in [0, 0.05) is 23.5 Å². The molecule has 0 N–H and O–H groups in total. The van der Waals surface area contributed by atoms with Crippen molar-refractivity contribution in [1.29, 1.82) is 0 Å². The van der Waals surface area contributed by atoms with Crippen molar-refractivity contribution in [2.24, 2.45) is 4.99 Å². The summed E-state index contributed by atoms with van der Waals surface area (Å²) in [5, 5.41) is 0. The van der Waals surface area contributed by atoms with Crippen LogP contribution in [0.2, 0.25) is 0 Å². The summed E-state index contributed by atoms with van der Waals surface area (Å²) in [5.41, 5.74) is 4.36. The highest BCUT2D eigenvalue weighted by Gasteiger charge is 2.13. The number of aromatic nitrogens is 1. The van der Waals surface area contributed by atoms with Crippen molar-refractivity contribution in [3.05, 3.63) is 97.8 Å². The minimum atomic E-state index is 0.706. The van der Waals surface area contributed by atoms with Gasteiger partial charge >= 0.3 is 0 Å². The summed E-state index contributed by atoms with van der Waals surface area (Å²) < 4.78 is 1.88. The third-order valence-corrected chi connectivity index (χ3v) is 3.18. The lowest BCUT2D eigenvalue weighted by Gasteiger charge is -2.17. The molecule has 0 saturated heterocycles. The van der Waals surface area contributed by atoms with Crippen LogP contribution in [-0.4, -0.2) is 4.57 Å². The minimum absolute atomic E-state index is 0.706. The molecule has 1 aromatic rings. The third-order valence-electron chi connectivity index (χ3n) is 3.18. The molecule has 0 spiro atoms. The second kappa shape index (κ2) is 9.00. The van der Waals surface area contributed by atoms with E-state index in [1.807, 2.05) is 28.9 Å². The van der Waals surface area contributed by atoms with E-state index in [0.717, 1.165) is 22.4 Å². The highest BCUT2D eigenvalue weighted by molar-refractivity contribution is 5.78. The summed E-state index contributed by atoms with van der Waals surface area (Å²) in [7, 11) is 0. The normalized spacial score (nSPS) is 11.6. The Morgan fingerprint density at radius 3 is 1.83 bits per heavy atom. The van der Waals surface area contributed by atoms with Gasteiger partial charge in [0.1, 0.15) is 5.49 Å². The predicted molar refractivity (Wildman–Crippen MR) is 105 cm³/mol. The molecule has 0 aliphatic heterocycles. The van der Waals surface area contributed by atoms with Crippen molar-refractivity contribution in [3.63, 3.8) is 0 Å². The van der Waals surface area contributed by atoms with Crippen LogP contribution in [0.25, 0.3) is 30.5 Å². The molecule has 0 aliphatic rings. The Balaban J connectivity index is 4.18. The van der Waals surface area contributed by atoms with Gasteiger partial charge < -0.3 is 4.57 Å². The van der Waals surface area contributed by atoms with Crippen LogP contribution >= 0.6 is 0 Å². The Kier molecular flexibility index (Phi) is 7.02. The lowest BCUT2D eigenvalue weighted by atomic mass is 9.99. The molecular weight excluding hydrogens is 280 g/mol. The molecule has 0 bridgehead atoms. The van der Waals surface area contributed by atoms with Gasteiger partial charge in [0.25, 0.3) is 0 Å². The zero-order chi connectivity index (χ0) is 17.2. The van der Waals surface area contributed by atoms with Crippen molar-refractivity contribution in [2.45, 2.75) is 0 Å². The summed E-state index contributed by atoms with van der Waals surface area (Å²) in [5.74, 6) is 0. The Morgan fingerprint density at radius 2 is 1.35 bits per heavy atom. The first-order valence-electron chi connectivity index (χ1n) is 7.12. The number of hydrogen-bond donors (Lipinski definition) is 0. The standard InChI is InChI=1S/C21H22N2/c1-7-13-15-19-17(9-3)18(10-4)20(16-14-8-2)23(12-6)21(19)22-11-5/h7-16H,1-6H2/b15-13-,16-14-,22-21-. The van der Waals surface area contributed by atoms with Crippen LogP contribution in [0.5, 0.6) is 0 Å². The smallest absolute Gasteiger partial charge is 0.144 e. The fourth-order valence-electron chi connectivity index (χ4n) is 2.27.